The average molecular weight is 252 g/mol. The molecular weight excluding hydrogens is 235 g/mol. The van der Waals surface area contributed by atoms with Gasteiger partial charge in [0, 0.05) is 5.41 Å². The van der Waals surface area contributed by atoms with Gasteiger partial charge >= 0.3 is 5.97 Å². The van der Waals surface area contributed by atoms with Crippen LogP contribution in [0.1, 0.15) is 32.3 Å². The molecule has 18 heavy (non-hydrogen) atoms. The minimum absolute atomic E-state index is 0.167. The summed E-state index contributed by atoms with van der Waals surface area (Å²) >= 11 is 0. The zero-order valence-corrected chi connectivity index (χ0v) is 10.5. The zero-order valence-electron chi connectivity index (χ0n) is 10.5. The molecule has 1 aliphatic rings. The van der Waals surface area contributed by atoms with Crippen LogP contribution in [0.5, 0.6) is 5.75 Å². The summed E-state index contributed by atoms with van der Waals surface area (Å²) in [5, 5.41) is 18.7. The lowest BCUT2D eigenvalue weighted by atomic mass is 9.68. The van der Waals surface area contributed by atoms with Crippen LogP contribution >= 0.6 is 0 Å². The van der Waals surface area contributed by atoms with Crippen LogP contribution in [0, 0.1) is 17.7 Å². The van der Waals surface area contributed by atoms with Crippen LogP contribution in [0.4, 0.5) is 4.39 Å². The van der Waals surface area contributed by atoms with Crippen molar-refractivity contribution >= 4 is 5.97 Å². The highest BCUT2D eigenvalue weighted by Crippen LogP contribution is 2.52. The van der Waals surface area contributed by atoms with E-state index >= 15 is 0 Å². The number of hydrogen-bond donors (Lipinski definition) is 2. The van der Waals surface area contributed by atoms with Crippen molar-refractivity contribution in [2.75, 3.05) is 0 Å². The van der Waals surface area contributed by atoms with E-state index in [2.05, 4.69) is 0 Å². The number of phenolic OH excluding ortho intramolecular Hbond substituents is 1. The molecule has 0 spiro atoms. The molecule has 1 aromatic carbocycles. The topological polar surface area (TPSA) is 57.5 Å². The zero-order chi connectivity index (χ0) is 13.5. The Morgan fingerprint density at radius 1 is 1.50 bits per heavy atom. The molecule has 1 aromatic rings. The summed E-state index contributed by atoms with van der Waals surface area (Å²) in [6.07, 6.45) is 1.81. The number of carbonyl (C=O) groups is 1. The fourth-order valence-corrected chi connectivity index (χ4v) is 2.68. The van der Waals surface area contributed by atoms with Gasteiger partial charge in [-0.3, -0.25) is 4.79 Å². The molecule has 1 aliphatic carbocycles. The summed E-state index contributed by atoms with van der Waals surface area (Å²) < 4.78 is 14.1. The standard InChI is InChI=1S/C14H17FO3/c1-8(13(17)18)14(2,9-6-7-9)10-4-3-5-11(16)12(10)15/h3-5,8-9,16H,6-7H2,1-2H3,(H,17,18)/t8-,14+/m1/s1. The van der Waals surface area contributed by atoms with Crippen LogP contribution in [0.15, 0.2) is 18.2 Å². The quantitative estimate of drug-likeness (QED) is 0.866. The number of carboxylic acid groups (broad SMARTS) is 1. The van der Waals surface area contributed by atoms with E-state index in [0.717, 1.165) is 12.8 Å². The lowest BCUT2D eigenvalue weighted by molar-refractivity contribution is -0.143. The number of rotatable bonds is 4. The van der Waals surface area contributed by atoms with E-state index in [1.807, 2.05) is 0 Å². The molecule has 2 rings (SSSR count). The highest BCUT2D eigenvalue weighted by molar-refractivity contribution is 5.72. The number of phenols is 1. The van der Waals surface area contributed by atoms with Gasteiger partial charge in [0.25, 0.3) is 0 Å². The van der Waals surface area contributed by atoms with Crippen molar-refractivity contribution in [2.24, 2.45) is 11.8 Å². The Kier molecular flexibility index (Phi) is 3.05. The molecular formula is C14H17FO3. The van der Waals surface area contributed by atoms with Crippen molar-refractivity contribution in [1.29, 1.82) is 0 Å². The molecule has 0 amide bonds. The maximum Gasteiger partial charge on any atom is 0.307 e. The van der Waals surface area contributed by atoms with E-state index < -0.39 is 28.9 Å². The van der Waals surface area contributed by atoms with E-state index in [-0.39, 0.29) is 5.92 Å². The Morgan fingerprint density at radius 3 is 2.61 bits per heavy atom. The lowest BCUT2D eigenvalue weighted by Crippen LogP contribution is -2.38. The van der Waals surface area contributed by atoms with Gasteiger partial charge in [0.1, 0.15) is 0 Å². The van der Waals surface area contributed by atoms with E-state index in [1.165, 1.54) is 6.07 Å². The minimum atomic E-state index is -0.938. The predicted molar refractivity (Wildman–Crippen MR) is 64.9 cm³/mol. The number of hydrogen-bond acceptors (Lipinski definition) is 2. The molecule has 3 nitrogen and oxygen atoms in total. The van der Waals surface area contributed by atoms with Crippen molar-refractivity contribution in [3.63, 3.8) is 0 Å². The van der Waals surface area contributed by atoms with Gasteiger partial charge in [-0.15, -0.1) is 0 Å². The Hall–Kier alpha value is -1.58. The Morgan fingerprint density at radius 2 is 2.11 bits per heavy atom. The summed E-state index contributed by atoms with van der Waals surface area (Å²) in [6, 6.07) is 4.41. The second kappa shape index (κ2) is 4.26. The second-order valence-electron chi connectivity index (χ2n) is 5.26. The molecule has 0 bridgehead atoms. The highest BCUT2D eigenvalue weighted by Gasteiger charge is 2.50. The molecule has 0 unspecified atom stereocenters. The van der Waals surface area contributed by atoms with Gasteiger partial charge in [-0.25, -0.2) is 4.39 Å². The molecule has 0 saturated heterocycles. The van der Waals surface area contributed by atoms with E-state index in [4.69, 9.17) is 0 Å². The largest absolute Gasteiger partial charge is 0.505 e. The summed E-state index contributed by atoms with van der Waals surface area (Å²) in [5.74, 6) is -2.58. The van der Waals surface area contributed by atoms with Gasteiger partial charge < -0.3 is 10.2 Å². The van der Waals surface area contributed by atoms with Gasteiger partial charge in [-0.05, 0) is 30.4 Å². The summed E-state index contributed by atoms with van der Waals surface area (Å²) in [4.78, 5) is 11.3. The molecule has 2 atom stereocenters. The SMILES string of the molecule is C[C@H](C(=O)O)[C@](C)(c1cccc(O)c1F)C1CC1. The maximum absolute atomic E-state index is 14.1. The number of benzene rings is 1. The van der Waals surface area contributed by atoms with E-state index in [0.29, 0.717) is 5.56 Å². The number of carboxylic acids is 1. The van der Waals surface area contributed by atoms with Crippen molar-refractivity contribution in [2.45, 2.75) is 32.1 Å². The van der Waals surface area contributed by atoms with Crippen molar-refractivity contribution in [3.8, 4) is 5.75 Å². The highest BCUT2D eigenvalue weighted by atomic mass is 19.1. The van der Waals surface area contributed by atoms with Gasteiger partial charge in [0.15, 0.2) is 11.6 Å². The summed E-state index contributed by atoms with van der Waals surface area (Å²) in [6.45, 7) is 3.38. The first-order chi connectivity index (χ1) is 8.39. The fraction of sp³-hybridized carbons (Fsp3) is 0.500. The first-order valence-corrected chi connectivity index (χ1v) is 6.09. The van der Waals surface area contributed by atoms with Gasteiger partial charge in [-0.2, -0.15) is 0 Å². The predicted octanol–water partition coefficient (Wildman–Crippen LogP) is 2.92. The monoisotopic (exact) mass is 252 g/mol. The minimum Gasteiger partial charge on any atom is -0.505 e. The molecule has 0 heterocycles. The summed E-state index contributed by atoms with van der Waals surface area (Å²) in [5.41, 5.74) is -0.464. The third-order valence-corrected chi connectivity index (χ3v) is 4.25. The Balaban J connectivity index is 2.54. The third kappa shape index (κ3) is 1.85. The molecule has 1 fully saturated rings. The summed E-state index contributed by atoms with van der Waals surface area (Å²) in [7, 11) is 0. The molecule has 0 aliphatic heterocycles. The normalized spacial score (nSPS) is 20.2. The smallest absolute Gasteiger partial charge is 0.307 e. The number of aromatic hydroxyl groups is 1. The van der Waals surface area contributed by atoms with Crippen LogP contribution in [0.25, 0.3) is 0 Å². The molecule has 0 aromatic heterocycles. The lowest BCUT2D eigenvalue weighted by Gasteiger charge is -2.34. The van der Waals surface area contributed by atoms with Crippen molar-refractivity contribution in [3.05, 3.63) is 29.6 Å². The Labute approximate surface area is 105 Å². The van der Waals surface area contributed by atoms with Crippen LogP contribution in [0.3, 0.4) is 0 Å². The van der Waals surface area contributed by atoms with E-state index in [1.54, 1.807) is 26.0 Å². The first-order valence-electron chi connectivity index (χ1n) is 6.09. The number of halogens is 1. The Bertz CT molecular complexity index is 482. The van der Waals surface area contributed by atoms with Crippen molar-refractivity contribution < 1.29 is 19.4 Å². The number of aliphatic carboxylic acids is 1. The molecule has 98 valence electrons. The maximum atomic E-state index is 14.1. The molecule has 2 N–H and O–H groups in total. The van der Waals surface area contributed by atoms with Crippen LogP contribution in [0.2, 0.25) is 0 Å². The van der Waals surface area contributed by atoms with Crippen LogP contribution in [-0.4, -0.2) is 16.2 Å². The van der Waals surface area contributed by atoms with Crippen molar-refractivity contribution in [1.82, 2.24) is 0 Å². The van der Waals surface area contributed by atoms with Crippen LogP contribution < -0.4 is 0 Å². The van der Waals surface area contributed by atoms with Gasteiger partial charge in [0.2, 0.25) is 0 Å². The first kappa shape index (κ1) is 12.9. The molecule has 0 radical (unpaired) electrons. The second-order valence-corrected chi connectivity index (χ2v) is 5.26. The fourth-order valence-electron chi connectivity index (χ4n) is 2.68. The average Bonchev–Trinajstić information content (AvgIpc) is 3.15. The van der Waals surface area contributed by atoms with E-state index in [9.17, 15) is 19.4 Å². The van der Waals surface area contributed by atoms with Gasteiger partial charge in [0.05, 0.1) is 5.92 Å². The van der Waals surface area contributed by atoms with Gasteiger partial charge in [-0.1, -0.05) is 26.0 Å². The molecule has 1 saturated carbocycles. The third-order valence-electron chi connectivity index (χ3n) is 4.25. The van der Waals surface area contributed by atoms with Crippen LogP contribution in [-0.2, 0) is 10.2 Å². The molecule has 4 heteroatoms.